The lowest BCUT2D eigenvalue weighted by Crippen LogP contribution is -2.57. The fourth-order valence-electron chi connectivity index (χ4n) is 2.61. The lowest BCUT2D eigenvalue weighted by atomic mass is 9.91. The number of nitrogens with one attached hydrogen (secondary N) is 1. The second-order valence-electron chi connectivity index (χ2n) is 5.62. The van der Waals surface area contributed by atoms with E-state index >= 15 is 0 Å². The molecule has 7 nitrogen and oxygen atoms in total. The summed E-state index contributed by atoms with van der Waals surface area (Å²) in [6.07, 6.45) is 1.56. The van der Waals surface area contributed by atoms with Crippen molar-refractivity contribution in [2.45, 2.75) is 45.7 Å². The molecular formula is C14H25N3O4. The molecule has 1 fully saturated rings. The molecule has 0 aliphatic carbocycles. The second-order valence-corrected chi connectivity index (χ2v) is 5.62. The molecule has 3 atom stereocenters. The molecule has 0 aromatic rings. The molecule has 3 unspecified atom stereocenters. The number of amides is 3. The Bertz CT molecular complexity index is 413. The highest BCUT2D eigenvalue weighted by Gasteiger charge is 2.37. The maximum absolute atomic E-state index is 12.3. The molecule has 7 heteroatoms. The number of piperidine rings is 1. The molecule has 0 radical (unpaired) electrons. The molecule has 0 aromatic heterocycles. The Morgan fingerprint density at radius 3 is 2.57 bits per heavy atom. The highest BCUT2D eigenvalue weighted by atomic mass is 16.4. The molecule has 2 N–H and O–H groups in total. The van der Waals surface area contributed by atoms with Crippen molar-refractivity contribution in [1.82, 2.24) is 15.1 Å². The van der Waals surface area contributed by atoms with E-state index < -0.39 is 24.1 Å². The number of aliphatic carboxylic acids is 1. The Morgan fingerprint density at radius 2 is 2.05 bits per heavy atom. The summed E-state index contributed by atoms with van der Waals surface area (Å²) < 4.78 is 0. The van der Waals surface area contributed by atoms with Crippen molar-refractivity contribution in [2.75, 3.05) is 20.1 Å². The summed E-state index contributed by atoms with van der Waals surface area (Å²) in [5, 5.41) is 11.9. The maximum atomic E-state index is 12.3. The van der Waals surface area contributed by atoms with E-state index in [0.717, 1.165) is 12.8 Å². The molecular weight excluding hydrogens is 274 g/mol. The lowest BCUT2D eigenvalue weighted by Gasteiger charge is -2.37. The number of likely N-dealkylation sites (tertiary alicyclic amines) is 1. The molecule has 0 spiro atoms. The van der Waals surface area contributed by atoms with Crippen molar-refractivity contribution < 1.29 is 19.5 Å². The van der Waals surface area contributed by atoms with Gasteiger partial charge < -0.3 is 20.2 Å². The molecule has 1 saturated heterocycles. The van der Waals surface area contributed by atoms with Crippen LogP contribution in [0.4, 0.5) is 4.79 Å². The van der Waals surface area contributed by atoms with Crippen LogP contribution < -0.4 is 5.32 Å². The molecule has 0 bridgehead atoms. The van der Waals surface area contributed by atoms with Crippen molar-refractivity contribution in [2.24, 2.45) is 5.92 Å². The van der Waals surface area contributed by atoms with E-state index in [0.29, 0.717) is 13.1 Å². The van der Waals surface area contributed by atoms with E-state index in [2.05, 4.69) is 5.32 Å². The van der Waals surface area contributed by atoms with Crippen LogP contribution in [0.5, 0.6) is 0 Å². The number of likely N-dealkylation sites (N-methyl/N-ethyl adjacent to an activating group) is 1. The number of rotatable bonds is 4. The summed E-state index contributed by atoms with van der Waals surface area (Å²) in [4.78, 5) is 38.4. The van der Waals surface area contributed by atoms with Gasteiger partial charge in [0.25, 0.3) is 0 Å². The molecule has 21 heavy (non-hydrogen) atoms. The van der Waals surface area contributed by atoms with Gasteiger partial charge in [-0.3, -0.25) is 4.79 Å². The maximum Gasteiger partial charge on any atom is 0.326 e. The van der Waals surface area contributed by atoms with Crippen molar-refractivity contribution in [1.29, 1.82) is 0 Å². The monoisotopic (exact) mass is 299 g/mol. The topological polar surface area (TPSA) is 90.0 Å². The van der Waals surface area contributed by atoms with E-state index in [4.69, 9.17) is 0 Å². The molecule has 0 saturated carbocycles. The minimum absolute atomic E-state index is 0.0914. The summed E-state index contributed by atoms with van der Waals surface area (Å²) in [6, 6.07) is -1.99. The zero-order valence-electron chi connectivity index (χ0n) is 13.1. The van der Waals surface area contributed by atoms with E-state index in [1.54, 1.807) is 14.0 Å². The molecule has 120 valence electrons. The van der Waals surface area contributed by atoms with Gasteiger partial charge >= 0.3 is 12.0 Å². The number of hydrogen-bond acceptors (Lipinski definition) is 3. The van der Waals surface area contributed by atoms with Crippen LogP contribution >= 0.6 is 0 Å². The smallest absolute Gasteiger partial charge is 0.326 e. The van der Waals surface area contributed by atoms with Crippen LogP contribution in [0.15, 0.2) is 0 Å². The molecule has 1 rings (SSSR count). The first kappa shape index (κ1) is 17.3. The van der Waals surface area contributed by atoms with Crippen LogP contribution in [0, 0.1) is 5.92 Å². The number of urea groups is 1. The Balaban J connectivity index is 2.73. The number of carbonyl (C=O) groups is 3. The standard InChI is InChI=1S/C14H25N3O4/c1-5-16(4)12(18)10(3)15-14(21)17-8-6-7-9(2)11(17)13(19)20/h9-11H,5-8H2,1-4H3,(H,15,21)(H,19,20). The molecule has 1 aliphatic heterocycles. The van der Waals surface area contributed by atoms with Crippen LogP contribution in [0.3, 0.4) is 0 Å². The predicted octanol–water partition coefficient (Wildman–Crippen LogP) is 0.748. The highest BCUT2D eigenvalue weighted by molar-refractivity contribution is 5.88. The third-order valence-corrected chi connectivity index (χ3v) is 4.01. The van der Waals surface area contributed by atoms with Crippen LogP contribution in [0.25, 0.3) is 0 Å². The number of carboxylic acids is 1. The van der Waals surface area contributed by atoms with Gasteiger partial charge in [-0.05, 0) is 32.6 Å². The largest absolute Gasteiger partial charge is 0.480 e. The average molecular weight is 299 g/mol. The fraction of sp³-hybridized carbons (Fsp3) is 0.786. The zero-order valence-corrected chi connectivity index (χ0v) is 13.1. The van der Waals surface area contributed by atoms with Crippen molar-refractivity contribution in [3.05, 3.63) is 0 Å². The summed E-state index contributed by atoms with van der Waals surface area (Å²) >= 11 is 0. The van der Waals surface area contributed by atoms with Gasteiger partial charge in [0.15, 0.2) is 0 Å². The van der Waals surface area contributed by atoms with Crippen LogP contribution in [0.2, 0.25) is 0 Å². The third kappa shape index (κ3) is 4.09. The first-order valence-corrected chi connectivity index (χ1v) is 7.34. The van der Waals surface area contributed by atoms with Gasteiger partial charge in [0.05, 0.1) is 0 Å². The minimum atomic E-state index is -0.998. The van der Waals surface area contributed by atoms with Gasteiger partial charge in [-0.15, -0.1) is 0 Å². The van der Waals surface area contributed by atoms with E-state index in [1.165, 1.54) is 9.80 Å². The number of nitrogens with zero attached hydrogens (tertiary/aromatic N) is 2. The quantitative estimate of drug-likeness (QED) is 0.801. The van der Waals surface area contributed by atoms with Crippen molar-refractivity contribution in [3.63, 3.8) is 0 Å². The van der Waals surface area contributed by atoms with Crippen LogP contribution in [0.1, 0.15) is 33.6 Å². The summed E-state index contributed by atoms with van der Waals surface area (Å²) in [5.74, 6) is -1.28. The normalized spacial score (nSPS) is 23.3. The number of hydrogen-bond donors (Lipinski definition) is 2. The minimum Gasteiger partial charge on any atom is -0.480 e. The van der Waals surface area contributed by atoms with Gasteiger partial charge in [0.2, 0.25) is 5.91 Å². The SMILES string of the molecule is CCN(C)C(=O)C(C)NC(=O)N1CCCC(C)C1C(=O)O. The average Bonchev–Trinajstić information content (AvgIpc) is 2.44. The molecule has 3 amide bonds. The van der Waals surface area contributed by atoms with Gasteiger partial charge in [-0.1, -0.05) is 6.92 Å². The Hall–Kier alpha value is -1.79. The van der Waals surface area contributed by atoms with Gasteiger partial charge in [0, 0.05) is 20.1 Å². The number of carbonyl (C=O) groups excluding carboxylic acids is 2. The van der Waals surface area contributed by atoms with Crippen molar-refractivity contribution in [3.8, 4) is 0 Å². The first-order chi connectivity index (χ1) is 9.79. The van der Waals surface area contributed by atoms with Gasteiger partial charge in [-0.2, -0.15) is 0 Å². The third-order valence-electron chi connectivity index (χ3n) is 4.01. The van der Waals surface area contributed by atoms with E-state index in [1.807, 2.05) is 13.8 Å². The lowest BCUT2D eigenvalue weighted by molar-refractivity contribution is -0.145. The molecule has 0 aromatic carbocycles. The Labute approximate surface area is 125 Å². The Kier molecular flexibility index (Phi) is 5.99. The van der Waals surface area contributed by atoms with Crippen LogP contribution in [-0.4, -0.2) is 65.0 Å². The second kappa shape index (κ2) is 7.28. The zero-order chi connectivity index (χ0) is 16.2. The van der Waals surface area contributed by atoms with E-state index in [9.17, 15) is 19.5 Å². The highest BCUT2D eigenvalue weighted by Crippen LogP contribution is 2.23. The van der Waals surface area contributed by atoms with Crippen molar-refractivity contribution >= 4 is 17.9 Å². The van der Waals surface area contributed by atoms with Gasteiger partial charge in [0.1, 0.15) is 12.1 Å². The fourth-order valence-corrected chi connectivity index (χ4v) is 2.61. The summed E-state index contributed by atoms with van der Waals surface area (Å²) in [7, 11) is 1.66. The predicted molar refractivity (Wildman–Crippen MR) is 77.8 cm³/mol. The summed E-state index contributed by atoms with van der Waals surface area (Å²) in [6.45, 7) is 6.24. The van der Waals surface area contributed by atoms with Crippen LogP contribution in [-0.2, 0) is 9.59 Å². The molecule has 1 aliphatic rings. The van der Waals surface area contributed by atoms with E-state index in [-0.39, 0.29) is 11.8 Å². The summed E-state index contributed by atoms with van der Waals surface area (Å²) in [5.41, 5.74) is 0. The van der Waals surface area contributed by atoms with Gasteiger partial charge in [-0.25, -0.2) is 9.59 Å². The number of carboxylic acid groups (broad SMARTS) is 1. The molecule has 1 heterocycles. The Morgan fingerprint density at radius 1 is 1.43 bits per heavy atom. The first-order valence-electron chi connectivity index (χ1n) is 7.34.